The summed E-state index contributed by atoms with van der Waals surface area (Å²) < 4.78 is 0. The molecule has 2 aliphatic heterocycles. The summed E-state index contributed by atoms with van der Waals surface area (Å²) in [6, 6.07) is 9.77. The first kappa shape index (κ1) is 19.8. The molecule has 2 aliphatic rings. The van der Waals surface area contributed by atoms with Gasteiger partial charge < -0.3 is 15.1 Å². The van der Waals surface area contributed by atoms with Gasteiger partial charge in [0.2, 0.25) is 0 Å². The summed E-state index contributed by atoms with van der Waals surface area (Å²) in [5.74, 6) is 0.990. The molecule has 0 saturated carbocycles. The van der Waals surface area contributed by atoms with Gasteiger partial charge in [0.15, 0.2) is 0 Å². The van der Waals surface area contributed by atoms with Crippen LogP contribution in [-0.2, 0) is 0 Å². The van der Waals surface area contributed by atoms with Gasteiger partial charge in [-0.25, -0.2) is 9.97 Å². The Morgan fingerprint density at radius 2 is 1.66 bits per heavy atom. The second-order valence-corrected chi connectivity index (χ2v) is 8.04. The standard InChI is InChI=1S/C23H31N5O/c29-23(24-11-6-14-27-12-4-5-13-27)20-9-7-19(8-10-20)21-17-22(26-18-25-21)28-15-2-1-3-16-28/h7-10,17-18H,1-6,11-16H2,(H,24,29). The number of amides is 1. The number of hydrogen-bond acceptors (Lipinski definition) is 5. The van der Waals surface area contributed by atoms with Crippen LogP contribution in [-0.4, -0.2) is 60.0 Å². The minimum atomic E-state index is -0.00494. The largest absolute Gasteiger partial charge is 0.357 e. The van der Waals surface area contributed by atoms with Gasteiger partial charge in [-0.1, -0.05) is 12.1 Å². The molecule has 6 heteroatoms. The number of hydrogen-bond donors (Lipinski definition) is 1. The fraction of sp³-hybridized carbons (Fsp3) is 0.522. The molecule has 29 heavy (non-hydrogen) atoms. The molecule has 2 saturated heterocycles. The van der Waals surface area contributed by atoms with Crippen LogP contribution in [0, 0.1) is 0 Å². The highest BCUT2D eigenvalue weighted by Gasteiger charge is 2.14. The van der Waals surface area contributed by atoms with Crippen molar-refractivity contribution in [1.82, 2.24) is 20.2 Å². The molecule has 1 N–H and O–H groups in total. The Kier molecular flexibility index (Phi) is 6.72. The lowest BCUT2D eigenvalue weighted by Gasteiger charge is -2.27. The molecule has 1 aromatic heterocycles. The number of carbonyl (C=O) groups is 1. The molecule has 0 bridgehead atoms. The van der Waals surface area contributed by atoms with Crippen LogP contribution in [0.25, 0.3) is 11.3 Å². The number of rotatable bonds is 7. The number of benzene rings is 1. The molecule has 1 amide bonds. The van der Waals surface area contributed by atoms with Crippen molar-refractivity contribution in [3.05, 3.63) is 42.2 Å². The van der Waals surface area contributed by atoms with E-state index in [4.69, 9.17) is 0 Å². The smallest absolute Gasteiger partial charge is 0.251 e. The highest BCUT2D eigenvalue weighted by Crippen LogP contribution is 2.23. The van der Waals surface area contributed by atoms with Gasteiger partial charge in [0.25, 0.3) is 5.91 Å². The molecular weight excluding hydrogens is 362 g/mol. The molecule has 0 spiro atoms. The number of anilines is 1. The number of nitrogens with one attached hydrogen (secondary N) is 1. The topological polar surface area (TPSA) is 61.4 Å². The van der Waals surface area contributed by atoms with E-state index in [0.717, 1.165) is 49.7 Å². The molecule has 154 valence electrons. The van der Waals surface area contributed by atoms with Crippen LogP contribution >= 0.6 is 0 Å². The highest BCUT2D eigenvalue weighted by atomic mass is 16.1. The monoisotopic (exact) mass is 393 g/mol. The minimum Gasteiger partial charge on any atom is -0.357 e. The van der Waals surface area contributed by atoms with E-state index in [1.54, 1.807) is 6.33 Å². The third-order valence-electron chi connectivity index (χ3n) is 5.91. The van der Waals surface area contributed by atoms with Gasteiger partial charge in [0, 0.05) is 36.8 Å². The number of piperidine rings is 1. The fourth-order valence-corrected chi connectivity index (χ4v) is 4.21. The predicted molar refractivity (Wildman–Crippen MR) is 116 cm³/mol. The maximum Gasteiger partial charge on any atom is 0.251 e. The Hall–Kier alpha value is -2.47. The lowest BCUT2D eigenvalue weighted by molar-refractivity contribution is 0.0952. The maximum atomic E-state index is 12.4. The fourth-order valence-electron chi connectivity index (χ4n) is 4.21. The molecule has 2 fully saturated rings. The second-order valence-electron chi connectivity index (χ2n) is 8.04. The van der Waals surface area contributed by atoms with Crippen molar-refractivity contribution in [3.8, 4) is 11.3 Å². The van der Waals surface area contributed by atoms with Crippen molar-refractivity contribution in [2.45, 2.75) is 38.5 Å². The van der Waals surface area contributed by atoms with E-state index in [1.165, 1.54) is 45.2 Å². The number of likely N-dealkylation sites (tertiary alicyclic amines) is 1. The van der Waals surface area contributed by atoms with E-state index < -0.39 is 0 Å². The molecule has 4 rings (SSSR count). The summed E-state index contributed by atoms with van der Waals surface area (Å²) >= 11 is 0. The van der Waals surface area contributed by atoms with Gasteiger partial charge in [-0.05, 0) is 70.3 Å². The van der Waals surface area contributed by atoms with Crippen molar-refractivity contribution in [2.75, 3.05) is 44.2 Å². The van der Waals surface area contributed by atoms with E-state index >= 15 is 0 Å². The Bertz CT molecular complexity index is 795. The van der Waals surface area contributed by atoms with Crippen LogP contribution in [0.1, 0.15) is 48.9 Å². The van der Waals surface area contributed by atoms with Crippen molar-refractivity contribution in [1.29, 1.82) is 0 Å². The van der Waals surface area contributed by atoms with E-state index in [2.05, 4.69) is 31.2 Å². The number of aromatic nitrogens is 2. The summed E-state index contributed by atoms with van der Waals surface area (Å²) in [5.41, 5.74) is 2.61. The maximum absolute atomic E-state index is 12.4. The van der Waals surface area contributed by atoms with Crippen LogP contribution in [0.2, 0.25) is 0 Å². The summed E-state index contributed by atoms with van der Waals surface area (Å²) in [5, 5.41) is 3.04. The lowest BCUT2D eigenvalue weighted by Crippen LogP contribution is -2.30. The highest BCUT2D eigenvalue weighted by molar-refractivity contribution is 5.94. The van der Waals surface area contributed by atoms with Gasteiger partial charge in [0.1, 0.15) is 12.1 Å². The van der Waals surface area contributed by atoms with Crippen molar-refractivity contribution < 1.29 is 4.79 Å². The Balaban J connectivity index is 1.31. The first-order valence-electron chi connectivity index (χ1n) is 11.0. The average Bonchev–Trinajstić information content (AvgIpc) is 3.31. The molecule has 0 aliphatic carbocycles. The van der Waals surface area contributed by atoms with Crippen molar-refractivity contribution >= 4 is 11.7 Å². The zero-order valence-electron chi connectivity index (χ0n) is 17.1. The molecular formula is C23H31N5O. The van der Waals surface area contributed by atoms with Crippen LogP contribution in [0.4, 0.5) is 5.82 Å². The molecule has 2 aromatic rings. The molecule has 1 aromatic carbocycles. The van der Waals surface area contributed by atoms with E-state index in [9.17, 15) is 4.79 Å². The number of nitrogens with zero attached hydrogens (tertiary/aromatic N) is 4. The molecule has 0 radical (unpaired) electrons. The van der Waals surface area contributed by atoms with E-state index in [1.807, 2.05) is 24.3 Å². The lowest BCUT2D eigenvalue weighted by atomic mass is 10.1. The zero-order valence-corrected chi connectivity index (χ0v) is 17.1. The SMILES string of the molecule is O=C(NCCCN1CCCC1)c1ccc(-c2cc(N3CCCCC3)ncn2)cc1. The van der Waals surface area contributed by atoms with Gasteiger partial charge >= 0.3 is 0 Å². The third kappa shape index (κ3) is 5.32. The summed E-state index contributed by atoms with van der Waals surface area (Å²) in [6.07, 6.45) is 9.01. The summed E-state index contributed by atoms with van der Waals surface area (Å²) in [4.78, 5) is 26.1. The van der Waals surface area contributed by atoms with E-state index in [-0.39, 0.29) is 5.91 Å². The van der Waals surface area contributed by atoms with Crippen molar-refractivity contribution in [3.63, 3.8) is 0 Å². The van der Waals surface area contributed by atoms with Gasteiger partial charge in [-0.15, -0.1) is 0 Å². The first-order valence-corrected chi connectivity index (χ1v) is 11.0. The first-order chi connectivity index (χ1) is 14.3. The quantitative estimate of drug-likeness (QED) is 0.731. The molecule has 0 unspecified atom stereocenters. The molecule has 0 atom stereocenters. The molecule has 6 nitrogen and oxygen atoms in total. The predicted octanol–water partition coefficient (Wildman–Crippen LogP) is 3.35. The van der Waals surface area contributed by atoms with Crippen LogP contribution < -0.4 is 10.2 Å². The normalized spacial score (nSPS) is 17.4. The summed E-state index contributed by atoms with van der Waals surface area (Å²) in [6.45, 7) is 6.34. The van der Waals surface area contributed by atoms with Crippen LogP contribution in [0.5, 0.6) is 0 Å². The van der Waals surface area contributed by atoms with Gasteiger partial charge in [-0.2, -0.15) is 0 Å². The van der Waals surface area contributed by atoms with Crippen molar-refractivity contribution in [2.24, 2.45) is 0 Å². The molecule has 3 heterocycles. The number of carbonyl (C=O) groups excluding carboxylic acids is 1. The van der Waals surface area contributed by atoms with Gasteiger partial charge in [0.05, 0.1) is 5.69 Å². The Morgan fingerprint density at radius 3 is 2.41 bits per heavy atom. The average molecular weight is 394 g/mol. The third-order valence-corrected chi connectivity index (χ3v) is 5.91. The summed E-state index contributed by atoms with van der Waals surface area (Å²) in [7, 11) is 0. The Morgan fingerprint density at radius 1 is 0.931 bits per heavy atom. The Labute approximate surface area is 173 Å². The zero-order chi connectivity index (χ0) is 19.9. The van der Waals surface area contributed by atoms with Crippen LogP contribution in [0.3, 0.4) is 0 Å². The van der Waals surface area contributed by atoms with Crippen LogP contribution in [0.15, 0.2) is 36.7 Å². The minimum absolute atomic E-state index is 0.00494. The second kappa shape index (κ2) is 9.83. The van der Waals surface area contributed by atoms with E-state index in [0.29, 0.717) is 5.56 Å². The van der Waals surface area contributed by atoms with Gasteiger partial charge in [-0.3, -0.25) is 4.79 Å².